The van der Waals surface area contributed by atoms with E-state index in [0.717, 1.165) is 11.3 Å². The van der Waals surface area contributed by atoms with E-state index in [9.17, 15) is 8.42 Å². The lowest BCUT2D eigenvalue weighted by Crippen LogP contribution is -2.25. The van der Waals surface area contributed by atoms with E-state index in [4.69, 9.17) is 9.63 Å². The molecule has 19 heavy (non-hydrogen) atoms. The van der Waals surface area contributed by atoms with Gasteiger partial charge in [0, 0.05) is 17.8 Å². The molecule has 2 rings (SSSR count). The van der Waals surface area contributed by atoms with Crippen LogP contribution in [0.15, 0.2) is 20.9 Å². The molecule has 0 bridgehead atoms. The third-order valence-electron chi connectivity index (χ3n) is 2.26. The van der Waals surface area contributed by atoms with Crippen LogP contribution in [0.2, 0.25) is 0 Å². The third kappa shape index (κ3) is 3.60. The van der Waals surface area contributed by atoms with Gasteiger partial charge in [-0.15, -0.1) is 11.3 Å². The fourth-order valence-electron chi connectivity index (χ4n) is 1.39. The number of nitrogens with zero attached hydrogens (tertiary/aromatic N) is 2. The monoisotopic (exact) mass is 303 g/mol. The summed E-state index contributed by atoms with van der Waals surface area (Å²) in [6.45, 7) is 1.71. The molecule has 0 aliphatic rings. The molecule has 104 valence electrons. The van der Waals surface area contributed by atoms with E-state index < -0.39 is 10.0 Å². The molecule has 0 radical (unpaired) electrons. The molecule has 0 saturated heterocycles. The number of aliphatic hydroxyl groups excluding tert-OH is 1. The van der Waals surface area contributed by atoms with Crippen LogP contribution in [0, 0.1) is 6.92 Å². The maximum Gasteiger partial charge on any atom is 0.250 e. The average molecular weight is 303 g/mol. The van der Waals surface area contributed by atoms with E-state index in [1.54, 1.807) is 13.0 Å². The van der Waals surface area contributed by atoms with Crippen LogP contribution >= 0.6 is 11.3 Å². The van der Waals surface area contributed by atoms with Crippen molar-refractivity contribution in [3.8, 4) is 0 Å². The summed E-state index contributed by atoms with van der Waals surface area (Å²) in [6, 6.07) is 3.05. The van der Waals surface area contributed by atoms with E-state index in [-0.39, 0.29) is 17.4 Å². The third-order valence-corrected chi connectivity index (χ3v) is 5.28. The van der Waals surface area contributed by atoms with Crippen molar-refractivity contribution in [2.45, 2.75) is 24.2 Å². The lowest BCUT2D eigenvalue weighted by Gasteiger charge is -2.02. The molecule has 2 N–H and O–H groups in total. The molecule has 0 saturated carbocycles. The zero-order chi connectivity index (χ0) is 13.9. The quantitative estimate of drug-likeness (QED) is 0.803. The molecule has 0 spiro atoms. The van der Waals surface area contributed by atoms with E-state index in [0.29, 0.717) is 23.0 Å². The number of rotatable bonds is 6. The summed E-state index contributed by atoms with van der Waals surface area (Å²) in [7, 11) is -3.55. The number of aliphatic hydroxyl groups is 1. The van der Waals surface area contributed by atoms with Gasteiger partial charge in [0.05, 0.1) is 6.61 Å². The highest BCUT2D eigenvalue weighted by molar-refractivity contribution is 7.91. The first-order chi connectivity index (χ1) is 9.01. The van der Waals surface area contributed by atoms with Gasteiger partial charge in [0.15, 0.2) is 5.82 Å². The van der Waals surface area contributed by atoms with Crippen LogP contribution in [0.1, 0.15) is 16.6 Å². The van der Waals surface area contributed by atoms with Crippen LogP contribution in [-0.2, 0) is 23.1 Å². The number of aryl methyl sites for hydroxylation is 1. The summed E-state index contributed by atoms with van der Waals surface area (Å²) in [4.78, 5) is 4.58. The van der Waals surface area contributed by atoms with Crippen molar-refractivity contribution in [2.24, 2.45) is 0 Å². The minimum atomic E-state index is -3.55. The fourth-order valence-corrected chi connectivity index (χ4v) is 3.68. The van der Waals surface area contributed by atoms with Gasteiger partial charge in [-0.25, -0.2) is 13.1 Å². The Morgan fingerprint density at radius 3 is 2.84 bits per heavy atom. The topological polar surface area (TPSA) is 105 Å². The molecule has 2 heterocycles. The number of hydrogen-bond acceptors (Lipinski definition) is 7. The lowest BCUT2D eigenvalue weighted by molar-refractivity contribution is 0.285. The van der Waals surface area contributed by atoms with Gasteiger partial charge >= 0.3 is 0 Å². The maximum atomic E-state index is 11.9. The first-order valence-corrected chi connectivity index (χ1v) is 7.79. The van der Waals surface area contributed by atoms with Gasteiger partial charge in [-0.3, -0.25) is 0 Å². The minimum absolute atomic E-state index is 0.165. The Kier molecular flexibility index (Phi) is 4.30. The molecule has 9 heteroatoms. The molecule has 2 aromatic rings. The molecule has 0 fully saturated rings. The SMILES string of the molecule is Cc1noc(CCNS(=O)(=O)c2ccc(CO)s2)n1. The second kappa shape index (κ2) is 5.78. The molecule has 2 aromatic heterocycles. The predicted molar refractivity (Wildman–Crippen MR) is 68.2 cm³/mol. The van der Waals surface area contributed by atoms with Crippen molar-refractivity contribution in [1.82, 2.24) is 14.9 Å². The Balaban J connectivity index is 1.94. The van der Waals surface area contributed by atoms with Crippen LogP contribution in [0.25, 0.3) is 0 Å². The van der Waals surface area contributed by atoms with E-state index >= 15 is 0 Å². The zero-order valence-electron chi connectivity index (χ0n) is 10.2. The van der Waals surface area contributed by atoms with Crippen molar-refractivity contribution in [3.63, 3.8) is 0 Å². The number of nitrogens with one attached hydrogen (secondary N) is 1. The molecule has 0 amide bonds. The van der Waals surface area contributed by atoms with Crippen LogP contribution in [0.4, 0.5) is 0 Å². The summed E-state index contributed by atoms with van der Waals surface area (Å²) >= 11 is 1.04. The molecular weight excluding hydrogens is 290 g/mol. The summed E-state index contributed by atoms with van der Waals surface area (Å²) in [5, 5.41) is 12.5. The Morgan fingerprint density at radius 2 is 2.26 bits per heavy atom. The van der Waals surface area contributed by atoms with E-state index in [1.165, 1.54) is 6.07 Å². The Bertz CT molecular complexity index is 647. The van der Waals surface area contributed by atoms with Gasteiger partial charge in [0.25, 0.3) is 0 Å². The van der Waals surface area contributed by atoms with Gasteiger partial charge in [-0.05, 0) is 19.1 Å². The second-order valence-corrected chi connectivity index (χ2v) is 6.92. The number of hydrogen-bond donors (Lipinski definition) is 2. The van der Waals surface area contributed by atoms with Crippen LogP contribution in [0.5, 0.6) is 0 Å². The molecule has 0 unspecified atom stereocenters. The van der Waals surface area contributed by atoms with E-state index in [2.05, 4.69) is 14.9 Å². The highest BCUT2D eigenvalue weighted by Crippen LogP contribution is 2.21. The summed E-state index contributed by atoms with van der Waals surface area (Å²) < 4.78 is 31.3. The molecule has 0 aliphatic heterocycles. The second-order valence-electron chi connectivity index (χ2n) is 3.76. The first kappa shape index (κ1) is 14.1. The summed E-state index contributed by atoms with van der Waals surface area (Å²) in [5.74, 6) is 0.908. The molecule has 0 atom stereocenters. The average Bonchev–Trinajstić information content (AvgIpc) is 2.98. The zero-order valence-corrected chi connectivity index (χ0v) is 11.8. The van der Waals surface area contributed by atoms with Crippen molar-refractivity contribution >= 4 is 21.4 Å². The van der Waals surface area contributed by atoms with Crippen molar-refractivity contribution in [1.29, 1.82) is 0 Å². The highest BCUT2D eigenvalue weighted by atomic mass is 32.2. The minimum Gasteiger partial charge on any atom is -0.391 e. The summed E-state index contributed by atoms with van der Waals surface area (Å²) in [6.07, 6.45) is 0.332. The van der Waals surface area contributed by atoms with Gasteiger partial charge in [-0.1, -0.05) is 5.16 Å². The molecule has 0 aliphatic carbocycles. The van der Waals surface area contributed by atoms with Gasteiger partial charge < -0.3 is 9.63 Å². The largest absolute Gasteiger partial charge is 0.391 e. The Morgan fingerprint density at radius 1 is 1.47 bits per heavy atom. The van der Waals surface area contributed by atoms with Crippen LogP contribution < -0.4 is 4.72 Å². The number of sulfonamides is 1. The lowest BCUT2D eigenvalue weighted by atomic mass is 10.4. The fraction of sp³-hybridized carbons (Fsp3) is 0.400. The molecular formula is C10H13N3O4S2. The standard InChI is InChI=1S/C10H13N3O4S2/c1-7-12-9(17-13-7)4-5-11-19(15,16)10-3-2-8(6-14)18-10/h2-3,11,14H,4-6H2,1H3. The number of aromatic nitrogens is 2. The molecule has 7 nitrogen and oxygen atoms in total. The molecule has 0 aromatic carbocycles. The van der Waals surface area contributed by atoms with Gasteiger partial charge in [0.2, 0.25) is 15.9 Å². The van der Waals surface area contributed by atoms with Crippen LogP contribution in [0.3, 0.4) is 0 Å². The van der Waals surface area contributed by atoms with E-state index in [1.807, 2.05) is 0 Å². The smallest absolute Gasteiger partial charge is 0.250 e. The van der Waals surface area contributed by atoms with Gasteiger partial charge in [0.1, 0.15) is 4.21 Å². The van der Waals surface area contributed by atoms with Gasteiger partial charge in [-0.2, -0.15) is 4.98 Å². The van der Waals surface area contributed by atoms with Crippen LogP contribution in [-0.4, -0.2) is 30.2 Å². The Labute approximate surface area is 114 Å². The number of thiophene rings is 1. The van der Waals surface area contributed by atoms with Crippen molar-refractivity contribution < 1.29 is 18.0 Å². The Hall–Kier alpha value is -1.29. The first-order valence-electron chi connectivity index (χ1n) is 5.49. The van der Waals surface area contributed by atoms with Crippen molar-refractivity contribution in [3.05, 3.63) is 28.7 Å². The predicted octanol–water partition coefficient (Wildman–Crippen LogP) is 0.453. The highest BCUT2D eigenvalue weighted by Gasteiger charge is 2.16. The summed E-state index contributed by atoms with van der Waals surface area (Å²) in [5.41, 5.74) is 0. The van der Waals surface area contributed by atoms with Crippen molar-refractivity contribution in [2.75, 3.05) is 6.54 Å². The maximum absolute atomic E-state index is 11.9. The normalized spacial score (nSPS) is 11.9.